The second kappa shape index (κ2) is 24.6. The molecular formula is C39H59F8NO11S. The molecule has 21 heteroatoms. The summed E-state index contributed by atoms with van der Waals surface area (Å²) >= 11 is 0. The van der Waals surface area contributed by atoms with Crippen LogP contribution in [0.4, 0.5) is 35.1 Å². The quantitative estimate of drug-likeness (QED) is 0.0343. The first-order chi connectivity index (χ1) is 28.3. The summed E-state index contributed by atoms with van der Waals surface area (Å²) < 4.78 is 184. The molecule has 0 spiro atoms. The Kier molecular flexibility index (Phi) is 21.3. The number of carbonyl (C=O) groups excluding carboxylic acids is 1. The van der Waals surface area contributed by atoms with Crippen molar-refractivity contribution < 1.29 is 85.7 Å². The molecule has 348 valence electrons. The summed E-state index contributed by atoms with van der Waals surface area (Å²) in [5.74, 6) is -5.35. The maximum Gasteiger partial charge on any atom is 0.460 e. The van der Waals surface area contributed by atoms with Crippen molar-refractivity contribution in [1.29, 1.82) is 0 Å². The molecular weight excluding hydrogens is 842 g/mol. The second-order valence-corrected chi connectivity index (χ2v) is 16.3. The zero-order valence-electron chi connectivity index (χ0n) is 34.2. The zero-order chi connectivity index (χ0) is 44.5. The molecule has 0 aromatic heterocycles. The summed E-state index contributed by atoms with van der Waals surface area (Å²) in [6.07, 6.45) is -13.7. The Balaban J connectivity index is 1.52. The lowest BCUT2D eigenvalue weighted by Crippen LogP contribution is -2.65. The van der Waals surface area contributed by atoms with Crippen molar-refractivity contribution >= 4 is 16.0 Å². The van der Waals surface area contributed by atoms with Gasteiger partial charge in [-0.1, -0.05) is 107 Å². The van der Waals surface area contributed by atoms with Gasteiger partial charge in [0.1, 0.15) is 25.1 Å². The topological polar surface area (TPSA) is 137 Å². The van der Waals surface area contributed by atoms with Gasteiger partial charge in [-0.2, -0.15) is 43.5 Å². The van der Waals surface area contributed by atoms with Crippen LogP contribution >= 0.6 is 0 Å². The number of carbonyl (C=O) groups is 1. The highest BCUT2D eigenvalue weighted by Gasteiger charge is 2.75. The number of rotatable bonds is 30. The zero-order valence-corrected chi connectivity index (χ0v) is 35.0. The van der Waals surface area contributed by atoms with Crippen LogP contribution in [0.2, 0.25) is 0 Å². The highest BCUT2D eigenvalue weighted by Crippen LogP contribution is 2.49. The number of amides is 1. The van der Waals surface area contributed by atoms with E-state index in [1.807, 2.05) is 0 Å². The smallest absolute Gasteiger partial charge is 0.359 e. The molecule has 1 aromatic rings. The van der Waals surface area contributed by atoms with Gasteiger partial charge in [0.25, 0.3) is 0 Å². The number of nitrogens with one attached hydrogen (secondary N) is 1. The molecule has 1 amide bonds. The molecule has 1 unspecified atom stereocenters. The van der Waals surface area contributed by atoms with Crippen molar-refractivity contribution in [3.8, 4) is 0 Å². The molecule has 3 rings (SSSR count). The minimum absolute atomic E-state index is 0.0147. The number of benzene rings is 1. The fourth-order valence-electron chi connectivity index (χ4n) is 6.69. The first kappa shape index (κ1) is 52.1. The maximum atomic E-state index is 15.2. The maximum absolute atomic E-state index is 15.2. The summed E-state index contributed by atoms with van der Waals surface area (Å²) in [7, 11) is -4.52. The number of methoxy groups -OCH3 is 1. The third-order valence-electron chi connectivity index (χ3n) is 10.1. The Labute approximate surface area is 346 Å². The monoisotopic (exact) mass is 901 g/mol. The number of unbranched alkanes of at least 4 members (excludes halogenated alkanes) is 13. The Morgan fingerprint density at radius 3 is 1.87 bits per heavy atom. The molecule has 0 radical (unpaired) electrons. The van der Waals surface area contributed by atoms with Crippen LogP contribution in [0, 0.1) is 0 Å². The summed E-state index contributed by atoms with van der Waals surface area (Å²) in [6, 6.07) is 8.21. The number of halogens is 8. The van der Waals surface area contributed by atoms with E-state index >= 15 is 8.78 Å². The molecule has 1 aromatic carbocycles. The van der Waals surface area contributed by atoms with Gasteiger partial charge in [-0.15, -0.1) is 0 Å². The highest BCUT2D eigenvalue weighted by molar-refractivity contribution is 7.87. The van der Waals surface area contributed by atoms with Crippen LogP contribution in [0.3, 0.4) is 0 Å². The normalized spacial score (nSPS) is 23.1. The number of alkyl halides is 8. The molecule has 0 aliphatic carbocycles. The minimum Gasteiger partial charge on any atom is -0.359 e. The Bertz CT molecular complexity index is 1500. The number of hydrogen-bond acceptors (Lipinski definition) is 11. The minimum atomic E-state index is -7.06. The third-order valence-corrected chi connectivity index (χ3v) is 11.5. The standard InChI is InChI=1S/C39H59F8NO11S/c1-4-53-27-55-32-31-29(26-54-34(57-31)28-22-18-17-19-23-28)56-35(52-3)33(32)58-60(50,51)39(46,47)38(44,45)59-37(42,43)36(40,41)25-21-16-14-12-10-8-6-5-7-9-11-13-15-20-24-30(49)48-2/h17-19,22-23,29,31-35H,4-16,20-21,24-27H2,1-3H3,(H,48,49)/t29-,31-,32+,33+,34?,35-/m1/s1. The predicted octanol–water partition coefficient (Wildman–Crippen LogP) is 8.98. The molecule has 2 saturated heterocycles. The van der Waals surface area contributed by atoms with Gasteiger partial charge in [-0.3, -0.25) is 8.98 Å². The van der Waals surface area contributed by atoms with Gasteiger partial charge in [0, 0.05) is 39.2 Å². The van der Waals surface area contributed by atoms with E-state index in [9.17, 15) is 39.6 Å². The fourth-order valence-corrected chi connectivity index (χ4v) is 7.64. The van der Waals surface area contributed by atoms with Crippen molar-refractivity contribution in [2.24, 2.45) is 0 Å². The first-order valence-corrected chi connectivity index (χ1v) is 21.8. The Morgan fingerprint density at radius 2 is 1.33 bits per heavy atom. The number of ether oxygens (including phenoxy) is 7. The van der Waals surface area contributed by atoms with Crippen LogP contribution in [0.15, 0.2) is 30.3 Å². The van der Waals surface area contributed by atoms with Crippen LogP contribution < -0.4 is 5.32 Å². The van der Waals surface area contributed by atoms with Crippen LogP contribution in [0.25, 0.3) is 0 Å². The summed E-state index contributed by atoms with van der Waals surface area (Å²) in [6.45, 7) is 0.748. The van der Waals surface area contributed by atoms with E-state index in [1.165, 1.54) is 0 Å². The summed E-state index contributed by atoms with van der Waals surface area (Å²) in [5, 5.41) is -4.08. The molecule has 60 heavy (non-hydrogen) atoms. The van der Waals surface area contributed by atoms with Gasteiger partial charge in [-0.25, -0.2) is 4.74 Å². The summed E-state index contributed by atoms with van der Waals surface area (Å²) in [4.78, 5) is 11.2. The first-order valence-electron chi connectivity index (χ1n) is 20.4. The predicted molar refractivity (Wildman–Crippen MR) is 200 cm³/mol. The molecule has 2 heterocycles. The van der Waals surface area contributed by atoms with E-state index in [2.05, 4.69) is 14.2 Å². The van der Waals surface area contributed by atoms with Gasteiger partial charge in [0.05, 0.1) is 6.61 Å². The molecule has 1 N–H and O–H groups in total. The van der Waals surface area contributed by atoms with Gasteiger partial charge >= 0.3 is 33.5 Å². The molecule has 6 atom stereocenters. The van der Waals surface area contributed by atoms with E-state index in [0.29, 0.717) is 24.8 Å². The lowest BCUT2D eigenvalue weighted by Gasteiger charge is -2.48. The SMILES string of the molecule is CCOCO[C@@H]1[C@H](OS(=O)(=O)C(F)(F)C(F)(F)OC(F)(F)C(F)(F)CCCCCCCCCCCCCCCCC(=O)NC)[C@H](OC)O[C@@H]2COC(c3ccccc3)O[C@@H]12. The average Bonchev–Trinajstić information content (AvgIpc) is 3.20. The van der Waals surface area contributed by atoms with Crippen molar-refractivity contribution in [2.75, 3.05) is 34.2 Å². The Hall–Kier alpha value is -2.24. The van der Waals surface area contributed by atoms with Crippen LogP contribution in [-0.4, -0.2) is 103 Å². The van der Waals surface area contributed by atoms with Crippen LogP contribution in [-0.2, 0) is 52.3 Å². The fraction of sp³-hybridized carbons (Fsp3) is 0.821. The van der Waals surface area contributed by atoms with Gasteiger partial charge in [0.2, 0.25) is 5.91 Å². The van der Waals surface area contributed by atoms with Gasteiger partial charge < -0.3 is 33.7 Å². The van der Waals surface area contributed by atoms with E-state index < -0.39 is 90.1 Å². The van der Waals surface area contributed by atoms with Crippen LogP contribution in [0.1, 0.15) is 122 Å². The molecule has 2 fully saturated rings. The largest absolute Gasteiger partial charge is 0.460 e. The van der Waals surface area contributed by atoms with Gasteiger partial charge in [-0.05, 0) is 19.8 Å². The van der Waals surface area contributed by atoms with Crippen molar-refractivity contribution in [2.45, 2.75) is 170 Å². The Morgan fingerprint density at radius 1 is 0.783 bits per heavy atom. The van der Waals surface area contributed by atoms with Gasteiger partial charge in [0.15, 0.2) is 18.7 Å². The molecule has 12 nitrogen and oxygen atoms in total. The van der Waals surface area contributed by atoms with E-state index in [4.69, 9.17) is 28.4 Å². The highest BCUT2D eigenvalue weighted by atomic mass is 32.2. The average molecular weight is 902 g/mol. The van der Waals surface area contributed by atoms with E-state index in [0.717, 1.165) is 71.3 Å². The molecule has 2 aliphatic rings. The van der Waals surface area contributed by atoms with Crippen molar-refractivity contribution in [1.82, 2.24) is 5.32 Å². The lowest BCUT2D eigenvalue weighted by molar-refractivity contribution is -0.457. The molecule has 0 bridgehead atoms. The molecule has 2 aliphatic heterocycles. The van der Waals surface area contributed by atoms with Crippen molar-refractivity contribution in [3.63, 3.8) is 0 Å². The molecule has 0 saturated carbocycles. The number of hydrogen-bond donors (Lipinski definition) is 1. The van der Waals surface area contributed by atoms with E-state index in [-0.39, 0.29) is 25.5 Å². The van der Waals surface area contributed by atoms with E-state index in [1.54, 1.807) is 44.3 Å². The summed E-state index contributed by atoms with van der Waals surface area (Å²) in [5.41, 5.74) is 0.465. The second-order valence-electron chi connectivity index (χ2n) is 14.7. The third kappa shape index (κ3) is 14.9. The lowest BCUT2D eigenvalue weighted by atomic mass is 9.97. The van der Waals surface area contributed by atoms with Crippen molar-refractivity contribution in [3.05, 3.63) is 35.9 Å². The van der Waals surface area contributed by atoms with Crippen LogP contribution in [0.5, 0.6) is 0 Å². The number of fused-ring (bicyclic) bond motifs is 1.